The number of para-hydroxylation sites is 1. The fourth-order valence-electron chi connectivity index (χ4n) is 2.61. The first-order valence-corrected chi connectivity index (χ1v) is 6.32. The molecule has 0 amide bonds. The third-order valence-corrected chi connectivity index (χ3v) is 3.59. The SMILES string of the molecule is O=C1c2cc(NO)ccc2-n2c1nc1ccccc1c2=O. The van der Waals surface area contributed by atoms with Gasteiger partial charge in [0, 0.05) is 0 Å². The first-order valence-electron chi connectivity index (χ1n) is 6.32. The zero-order valence-electron chi connectivity index (χ0n) is 10.7. The van der Waals surface area contributed by atoms with E-state index in [0.29, 0.717) is 27.8 Å². The fourth-order valence-corrected chi connectivity index (χ4v) is 2.61. The van der Waals surface area contributed by atoms with Crippen LogP contribution in [0.25, 0.3) is 16.6 Å². The minimum absolute atomic E-state index is 0.101. The van der Waals surface area contributed by atoms with E-state index in [1.165, 1.54) is 10.6 Å². The van der Waals surface area contributed by atoms with Crippen molar-refractivity contribution in [2.45, 2.75) is 0 Å². The summed E-state index contributed by atoms with van der Waals surface area (Å²) >= 11 is 0. The largest absolute Gasteiger partial charge is 0.291 e. The minimum atomic E-state index is -0.329. The number of aromatic nitrogens is 2. The first-order chi connectivity index (χ1) is 10.2. The highest BCUT2D eigenvalue weighted by molar-refractivity contribution is 6.13. The molecule has 0 fully saturated rings. The third-order valence-electron chi connectivity index (χ3n) is 3.59. The van der Waals surface area contributed by atoms with Gasteiger partial charge in [0.25, 0.3) is 5.56 Å². The minimum Gasteiger partial charge on any atom is -0.291 e. The molecule has 102 valence electrons. The topological polar surface area (TPSA) is 84.2 Å². The molecule has 1 aliphatic heterocycles. The van der Waals surface area contributed by atoms with Crippen LogP contribution in [0.15, 0.2) is 47.3 Å². The summed E-state index contributed by atoms with van der Waals surface area (Å²) in [5.74, 6) is -0.228. The summed E-state index contributed by atoms with van der Waals surface area (Å²) in [5.41, 5.74) is 3.42. The van der Waals surface area contributed by atoms with Crippen molar-refractivity contribution in [2.75, 3.05) is 5.48 Å². The van der Waals surface area contributed by atoms with Crippen LogP contribution >= 0.6 is 0 Å². The van der Waals surface area contributed by atoms with Crippen molar-refractivity contribution in [1.82, 2.24) is 9.55 Å². The van der Waals surface area contributed by atoms with Crippen LogP contribution in [0.3, 0.4) is 0 Å². The Bertz CT molecular complexity index is 976. The standard InChI is InChI=1S/C15H9N3O3/c19-13-10-7-8(17-21)5-6-12(10)18-14(13)16-11-4-2-1-3-9(11)15(18)20/h1-7,17,21H. The average molecular weight is 279 g/mol. The van der Waals surface area contributed by atoms with Gasteiger partial charge in [0.15, 0.2) is 5.82 Å². The number of rotatable bonds is 1. The lowest BCUT2D eigenvalue weighted by atomic mass is 10.1. The first kappa shape index (κ1) is 11.8. The lowest BCUT2D eigenvalue weighted by Crippen LogP contribution is -2.21. The zero-order chi connectivity index (χ0) is 14.6. The van der Waals surface area contributed by atoms with Crippen LogP contribution < -0.4 is 11.0 Å². The highest BCUT2D eigenvalue weighted by atomic mass is 16.5. The molecule has 0 spiro atoms. The predicted molar refractivity (Wildman–Crippen MR) is 76.2 cm³/mol. The quantitative estimate of drug-likeness (QED) is 0.518. The molecule has 0 bridgehead atoms. The maximum Gasteiger partial charge on any atom is 0.266 e. The van der Waals surface area contributed by atoms with Crippen molar-refractivity contribution >= 4 is 22.4 Å². The van der Waals surface area contributed by atoms with Crippen molar-refractivity contribution in [2.24, 2.45) is 0 Å². The summed E-state index contributed by atoms with van der Waals surface area (Å²) in [6.45, 7) is 0. The van der Waals surface area contributed by atoms with Gasteiger partial charge in [-0.3, -0.25) is 24.8 Å². The van der Waals surface area contributed by atoms with E-state index in [-0.39, 0.29) is 17.2 Å². The molecule has 6 heteroatoms. The summed E-state index contributed by atoms with van der Waals surface area (Å²) in [6, 6.07) is 11.6. The van der Waals surface area contributed by atoms with E-state index in [0.717, 1.165) is 0 Å². The molecule has 0 saturated carbocycles. The molecule has 3 aromatic rings. The number of ketones is 1. The van der Waals surface area contributed by atoms with Gasteiger partial charge in [-0.1, -0.05) is 12.1 Å². The van der Waals surface area contributed by atoms with Gasteiger partial charge in [0.05, 0.1) is 27.8 Å². The molecule has 4 rings (SSSR count). The Balaban J connectivity index is 2.13. The molecular weight excluding hydrogens is 270 g/mol. The van der Waals surface area contributed by atoms with Crippen molar-refractivity contribution in [3.05, 3.63) is 64.2 Å². The monoisotopic (exact) mass is 279 g/mol. The summed E-state index contributed by atoms with van der Waals surface area (Å²) in [4.78, 5) is 29.3. The average Bonchev–Trinajstić information content (AvgIpc) is 2.80. The van der Waals surface area contributed by atoms with Crippen LogP contribution in [0.5, 0.6) is 0 Å². The van der Waals surface area contributed by atoms with Crippen LogP contribution in [0, 0.1) is 0 Å². The number of carbonyl (C=O) groups excluding carboxylic acids is 1. The summed E-state index contributed by atoms with van der Waals surface area (Å²) in [6.07, 6.45) is 0. The van der Waals surface area contributed by atoms with E-state index in [4.69, 9.17) is 5.21 Å². The third kappa shape index (κ3) is 1.47. The van der Waals surface area contributed by atoms with E-state index in [1.807, 2.05) is 5.48 Å². The van der Waals surface area contributed by atoms with Gasteiger partial charge in [-0.2, -0.15) is 0 Å². The second kappa shape index (κ2) is 4.00. The molecule has 2 N–H and O–H groups in total. The zero-order valence-corrected chi connectivity index (χ0v) is 10.7. The van der Waals surface area contributed by atoms with E-state index in [1.54, 1.807) is 36.4 Å². The number of hydrogen-bond acceptors (Lipinski definition) is 5. The second-order valence-electron chi connectivity index (χ2n) is 4.77. The molecule has 0 atom stereocenters. The maximum absolute atomic E-state index is 12.6. The summed E-state index contributed by atoms with van der Waals surface area (Å²) in [7, 11) is 0. The second-order valence-corrected chi connectivity index (χ2v) is 4.77. The summed E-state index contributed by atoms with van der Waals surface area (Å²) < 4.78 is 1.32. The Hall–Kier alpha value is -2.99. The molecule has 2 heterocycles. The highest BCUT2D eigenvalue weighted by Gasteiger charge is 2.30. The number of anilines is 1. The van der Waals surface area contributed by atoms with Crippen molar-refractivity contribution in [3.8, 4) is 5.69 Å². The van der Waals surface area contributed by atoms with E-state index >= 15 is 0 Å². The number of benzene rings is 2. The van der Waals surface area contributed by atoms with Gasteiger partial charge >= 0.3 is 0 Å². The van der Waals surface area contributed by atoms with Gasteiger partial charge in [0.1, 0.15) is 0 Å². The van der Waals surface area contributed by atoms with Gasteiger partial charge in [-0.25, -0.2) is 4.98 Å². The molecule has 0 unspecified atom stereocenters. The molecule has 6 nitrogen and oxygen atoms in total. The molecule has 0 radical (unpaired) electrons. The Labute approximate surface area is 118 Å². The highest BCUT2D eigenvalue weighted by Crippen LogP contribution is 2.28. The lowest BCUT2D eigenvalue weighted by Gasteiger charge is -2.05. The van der Waals surface area contributed by atoms with E-state index in [2.05, 4.69) is 4.98 Å². The van der Waals surface area contributed by atoms with Crippen molar-refractivity contribution in [1.29, 1.82) is 0 Å². The summed E-state index contributed by atoms with van der Waals surface area (Å²) in [5, 5.41) is 9.40. The molecule has 0 aliphatic carbocycles. The number of nitrogens with zero attached hydrogens (tertiary/aromatic N) is 2. The normalized spacial score (nSPS) is 12.3. The van der Waals surface area contributed by atoms with E-state index < -0.39 is 0 Å². The van der Waals surface area contributed by atoms with Gasteiger partial charge < -0.3 is 0 Å². The molecule has 1 aromatic heterocycles. The van der Waals surface area contributed by atoms with Crippen molar-refractivity contribution < 1.29 is 10.0 Å². The van der Waals surface area contributed by atoms with Crippen LogP contribution in [0.4, 0.5) is 5.69 Å². The Morgan fingerprint density at radius 3 is 2.71 bits per heavy atom. The van der Waals surface area contributed by atoms with Crippen LogP contribution in [-0.2, 0) is 0 Å². The van der Waals surface area contributed by atoms with Crippen molar-refractivity contribution in [3.63, 3.8) is 0 Å². The Kier molecular flexibility index (Phi) is 2.25. The maximum atomic E-state index is 12.6. The molecule has 2 aromatic carbocycles. The number of nitrogens with one attached hydrogen (secondary N) is 1. The fraction of sp³-hybridized carbons (Fsp3) is 0. The smallest absolute Gasteiger partial charge is 0.266 e. The van der Waals surface area contributed by atoms with Crippen LogP contribution in [-0.4, -0.2) is 20.5 Å². The molecule has 1 aliphatic rings. The van der Waals surface area contributed by atoms with E-state index in [9.17, 15) is 9.59 Å². The Morgan fingerprint density at radius 1 is 1.10 bits per heavy atom. The Morgan fingerprint density at radius 2 is 1.90 bits per heavy atom. The van der Waals surface area contributed by atoms with Gasteiger partial charge in [-0.05, 0) is 30.3 Å². The van der Waals surface area contributed by atoms with Gasteiger partial charge in [0.2, 0.25) is 5.78 Å². The molecular formula is C15H9N3O3. The van der Waals surface area contributed by atoms with Gasteiger partial charge in [-0.15, -0.1) is 0 Å². The lowest BCUT2D eigenvalue weighted by molar-refractivity contribution is 0.103. The molecule has 21 heavy (non-hydrogen) atoms. The number of hydrogen-bond donors (Lipinski definition) is 2. The van der Waals surface area contributed by atoms with Crippen LogP contribution in [0.1, 0.15) is 16.2 Å². The predicted octanol–water partition coefficient (Wildman–Crippen LogP) is 1.73. The number of carbonyl (C=O) groups is 1. The van der Waals surface area contributed by atoms with Crippen LogP contribution in [0.2, 0.25) is 0 Å². The number of fused-ring (bicyclic) bond motifs is 4. The molecule has 0 saturated heterocycles.